The van der Waals surface area contributed by atoms with Gasteiger partial charge in [0.1, 0.15) is 4.88 Å². The third kappa shape index (κ3) is 3.16. The minimum atomic E-state index is 0.0938. The molecule has 5 heteroatoms. The van der Waals surface area contributed by atoms with Crippen molar-refractivity contribution in [2.75, 3.05) is 33.2 Å². The van der Waals surface area contributed by atoms with E-state index >= 15 is 0 Å². The molecular weight excluding hydrogens is 258 g/mol. The highest BCUT2D eigenvalue weighted by Crippen LogP contribution is 2.20. The molecule has 1 atom stereocenters. The lowest BCUT2D eigenvalue weighted by Gasteiger charge is -2.37. The third-order valence-electron chi connectivity index (χ3n) is 3.43. The number of piperazine rings is 1. The maximum Gasteiger partial charge on any atom is 0.265 e. The molecule has 1 amide bonds. The van der Waals surface area contributed by atoms with Crippen LogP contribution in [-0.2, 0) is 0 Å². The molecule has 1 aromatic rings. The van der Waals surface area contributed by atoms with Crippen molar-refractivity contribution < 1.29 is 4.79 Å². The second-order valence-corrected chi connectivity index (χ2v) is 5.67. The lowest BCUT2D eigenvalue weighted by Crippen LogP contribution is -2.51. The zero-order valence-electron chi connectivity index (χ0n) is 11.3. The number of hydrogen-bond donors (Lipinski definition) is 1. The van der Waals surface area contributed by atoms with Crippen LogP contribution in [0.2, 0.25) is 0 Å². The molecule has 2 heterocycles. The van der Waals surface area contributed by atoms with E-state index in [4.69, 9.17) is 5.73 Å². The van der Waals surface area contributed by atoms with Gasteiger partial charge < -0.3 is 15.5 Å². The molecule has 1 aliphatic rings. The molecule has 0 radical (unpaired) electrons. The summed E-state index contributed by atoms with van der Waals surface area (Å²) in [6.07, 6.45) is 0. The second kappa shape index (κ2) is 6.20. The maximum absolute atomic E-state index is 12.5. The molecule has 0 bridgehead atoms. The van der Waals surface area contributed by atoms with Crippen molar-refractivity contribution >= 4 is 17.2 Å². The van der Waals surface area contributed by atoms with Crippen molar-refractivity contribution in [1.82, 2.24) is 9.80 Å². The third-order valence-corrected chi connectivity index (χ3v) is 4.33. The Hall–Kier alpha value is -1.35. The van der Waals surface area contributed by atoms with Gasteiger partial charge in [-0.3, -0.25) is 4.79 Å². The normalized spacial score (nSPS) is 19.9. The quantitative estimate of drug-likeness (QED) is 0.774. The van der Waals surface area contributed by atoms with Gasteiger partial charge in [0.2, 0.25) is 0 Å². The summed E-state index contributed by atoms with van der Waals surface area (Å²) in [7, 11) is 2.09. The van der Waals surface area contributed by atoms with E-state index in [1.807, 2.05) is 16.3 Å². The summed E-state index contributed by atoms with van der Waals surface area (Å²) in [6, 6.07) is 2.29. The largest absolute Gasteiger partial charge is 0.335 e. The summed E-state index contributed by atoms with van der Waals surface area (Å²) in [5.41, 5.74) is 6.17. The number of thiophene rings is 1. The van der Waals surface area contributed by atoms with Crippen molar-refractivity contribution in [2.45, 2.75) is 13.0 Å². The van der Waals surface area contributed by atoms with Crippen molar-refractivity contribution in [1.29, 1.82) is 0 Å². The van der Waals surface area contributed by atoms with E-state index in [2.05, 4.69) is 30.7 Å². The van der Waals surface area contributed by atoms with E-state index in [9.17, 15) is 4.79 Å². The molecule has 102 valence electrons. The monoisotopic (exact) mass is 277 g/mol. The van der Waals surface area contributed by atoms with Gasteiger partial charge in [0.15, 0.2) is 0 Å². The number of carbonyl (C=O) groups excluding carboxylic acids is 1. The van der Waals surface area contributed by atoms with Crippen molar-refractivity contribution in [3.63, 3.8) is 0 Å². The number of nitrogens with zero attached hydrogens (tertiary/aromatic N) is 2. The lowest BCUT2D eigenvalue weighted by molar-refractivity contribution is 0.0577. The highest BCUT2D eigenvalue weighted by Gasteiger charge is 2.26. The first-order chi connectivity index (χ1) is 9.13. The fraction of sp³-hybridized carbons (Fsp3) is 0.500. The Kier molecular flexibility index (Phi) is 4.59. The Morgan fingerprint density at radius 2 is 2.37 bits per heavy atom. The van der Waals surface area contributed by atoms with Gasteiger partial charge in [-0.05, 0) is 25.4 Å². The van der Waals surface area contributed by atoms with Crippen LogP contribution in [0.4, 0.5) is 0 Å². The highest BCUT2D eigenvalue weighted by molar-refractivity contribution is 7.12. The zero-order valence-corrected chi connectivity index (χ0v) is 12.2. The fourth-order valence-electron chi connectivity index (χ4n) is 2.10. The van der Waals surface area contributed by atoms with Gasteiger partial charge in [-0.15, -0.1) is 11.3 Å². The predicted molar refractivity (Wildman–Crippen MR) is 78.2 cm³/mol. The average molecular weight is 277 g/mol. The molecule has 2 N–H and O–H groups in total. The summed E-state index contributed by atoms with van der Waals surface area (Å²) in [5.74, 6) is 5.87. The SMILES string of the molecule is CC1CN(C(=O)c2sccc2C#CCN)CCN1C. The second-order valence-electron chi connectivity index (χ2n) is 4.75. The molecular formula is C14H19N3OS. The Morgan fingerprint density at radius 3 is 3.05 bits per heavy atom. The molecule has 1 unspecified atom stereocenters. The van der Waals surface area contributed by atoms with Gasteiger partial charge in [-0.1, -0.05) is 11.8 Å². The zero-order chi connectivity index (χ0) is 13.8. The number of amides is 1. The summed E-state index contributed by atoms with van der Waals surface area (Å²) in [6.45, 7) is 4.93. The van der Waals surface area contributed by atoms with E-state index in [1.54, 1.807) is 0 Å². The smallest absolute Gasteiger partial charge is 0.265 e. The predicted octanol–water partition coefficient (Wildman–Crippen LogP) is 0.834. The van der Waals surface area contributed by atoms with Crippen LogP contribution in [0.25, 0.3) is 0 Å². The molecule has 1 fully saturated rings. The van der Waals surface area contributed by atoms with E-state index in [-0.39, 0.29) is 5.91 Å². The first kappa shape index (κ1) is 14.1. The first-order valence-electron chi connectivity index (χ1n) is 6.39. The summed E-state index contributed by atoms with van der Waals surface area (Å²) < 4.78 is 0. The summed E-state index contributed by atoms with van der Waals surface area (Å²) in [4.78, 5) is 17.4. The first-order valence-corrected chi connectivity index (χ1v) is 7.27. The summed E-state index contributed by atoms with van der Waals surface area (Å²) in [5, 5.41) is 1.91. The molecule has 4 nitrogen and oxygen atoms in total. The van der Waals surface area contributed by atoms with Crippen LogP contribution in [0.3, 0.4) is 0 Å². The molecule has 0 saturated carbocycles. The van der Waals surface area contributed by atoms with Crippen molar-refractivity contribution in [3.8, 4) is 11.8 Å². The van der Waals surface area contributed by atoms with Crippen LogP contribution in [-0.4, -0.2) is 55.0 Å². The van der Waals surface area contributed by atoms with Crippen LogP contribution in [0.1, 0.15) is 22.2 Å². The van der Waals surface area contributed by atoms with E-state index in [1.165, 1.54) is 11.3 Å². The Bertz CT molecular complexity index is 514. The Morgan fingerprint density at radius 1 is 1.58 bits per heavy atom. The number of nitrogens with two attached hydrogens (primary N) is 1. The minimum absolute atomic E-state index is 0.0938. The molecule has 2 rings (SSSR count). The van der Waals surface area contributed by atoms with Gasteiger partial charge in [-0.2, -0.15) is 0 Å². The maximum atomic E-state index is 12.5. The fourth-order valence-corrected chi connectivity index (χ4v) is 2.91. The average Bonchev–Trinajstić information content (AvgIpc) is 2.87. The number of hydrogen-bond acceptors (Lipinski definition) is 4. The van der Waals surface area contributed by atoms with E-state index in [0.29, 0.717) is 12.6 Å². The molecule has 0 spiro atoms. The van der Waals surface area contributed by atoms with Crippen molar-refractivity contribution in [3.05, 3.63) is 21.9 Å². The molecule has 1 aromatic heterocycles. The topological polar surface area (TPSA) is 49.6 Å². The van der Waals surface area contributed by atoms with Gasteiger partial charge in [-0.25, -0.2) is 0 Å². The van der Waals surface area contributed by atoms with E-state index < -0.39 is 0 Å². The molecule has 19 heavy (non-hydrogen) atoms. The highest BCUT2D eigenvalue weighted by atomic mass is 32.1. The van der Waals surface area contributed by atoms with Crippen molar-refractivity contribution in [2.24, 2.45) is 5.73 Å². The lowest BCUT2D eigenvalue weighted by atomic mass is 10.2. The van der Waals surface area contributed by atoms with Gasteiger partial charge in [0.25, 0.3) is 5.91 Å². The minimum Gasteiger partial charge on any atom is -0.335 e. The van der Waals surface area contributed by atoms with Crippen LogP contribution in [0.15, 0.2) is 11.4 Å². The Labute approximate surface area is 118 Å². The molecule has 0 aromatic carbocycles. The van der Waals surface area contributed by atoms with Crippen LogP contribution in [0, 0.1) is 11.8 Å². The Balaban J connectivity index is 2.14. The van der Waals surface area contributed by atoms with Gasteiger partial charge in [0.05, 0.1) is 6.54 Å². The number of likely N-dealkylation sites (N-methyl/N-ethyl adjacent to an activating group) is 1. The molecule has 1 aliphatic heterocycles. The standard InChI is InChI=1S/C14H19N3OS/c1-11-10-17(8-7-16(11)2)14(18)13-12(4-3-6-15)5-9-19-13/h5,9,11H,6-8,10,15H2,1-2H3. The summed E-state index contributed by atoms with van der Waals surface area (Å²) >= 11 is 1.46. The number of carbonyl (C=O) groups is 1. The molecule has 1 saturated heterocycles. The van der Waals surface area contributed by atoms with Gasteiger partial charge >= 0.3 is 0 Å². The molecule has 0 aliphatic carbocycles. The number of rotatable bonds is 1. The van der Waals surface area contributed by atoms with E-state index in [0.717, 1.165) is 30.1 Å². The van der Waals surface area contributed by atoms with Crippen LogP contribution < -0.4 is 5.73 Å². The van der Waals surface area contributed by atoms with Gasteiger partial charge in [0, 0.05) is 31.2 Å². The van der Waals surface area contributed by atoms with Crippen LogP contribution in [0.5, 0.6) is 0 Å². The van der Waals surface area contributed by atoms with Crippen LogP contribution >= 0.6 is 11.3 Å².